The predicted octanol–water partition coefficient (Wildman–Crippen LogP) is 2.34. The number of carbonyl (C=O) groups excluding carboxylic acids is 1. The smallest absolute Gasteiger partial charge is 0.216 e. The van der Waals surface area contributed by atoms with Gasteiger partial charge in [0.2, 0.25) is 5.91 Å². The Morgan fingerprint density at radius 3 is 2.69 bits per heavy atom. The molecule has 1 aliphatic carbocycles. The van der Waals surface area contributed by atoms with Crippen LogP contribution in [0.2, 0.25) is 0 Å². The highest BCUT2D eigenvalue weighted by Crippen LogP contribution is 2.43. The summed E-state index contributed by atoms with van der Waals surface area (Å²) in [6.45, 7) is 7.02. The molecule has 13 heavy (non-hydrogen) atoms. The fourth-order valence-corrected chi connectivity index (χ4v) is 2.41. The van der Waals surface area contributed by atoms with Crippen molar-refractivity contribution in [2.24, 2.45) is 11.3 Å². The van der Waals surface area contributed by atoms with Gasteiger partial charge in [-0.2, -0.15) is 0 Å². The fourth-order valence-electron chi connectivity index (χ4n) is 2.41. The molecule has 0 spiro atoms. The Morgan fingerprint density at radius 2 is 2.31 bits per heavy atom. The van der Waals surface area contributed by atoms with Crippen molar-refractivity contribution in [1.82, 2.24) is 5.32 Å². The molecule has 0 saturated heterocycles. The van der Waals surface area contributed by atoms with E-state index in [1.54, 1.807) is 6.92 Å². The standard InChI is InChI=1S/C11H21NO/c1-4-11(8-12-10(3)13)6-5-9(2)7-11/h9H,4-8H2,1-3H3,(H,12,13)/t9-,11-/m1/s1. The molecule has 1 saturated carbocycles. The van der Waals surface area contributed by atoms with E-state index in [1.165, 1.54) is 25.7 Å². The summed E-state index contributed by atoms with van der Waals surface area (Å²) < 4.78 is 0. The van der Waals surface area contributed by atoms with Crippen LogP contribution in [-0.2, 0) is 4.79 Å². The number of rotatable bonds is 3. The van der Waals surface area contributed by atoms with Crippen molar-refractivity contribution in [3.63, 3.8) is 0 Å². The molecule has 1 amide bonds. The van der Waals surface area contributed by atoms with Crippen LogP contribution in [0.5, 0.6) is 0 Å². The molecule has 2 heteroatoms. The highest BCUT2D eigenvalue weighted by molar-refractivity contribution is 5.72. The summed E-state index contributed by atoms with van der Waals surface area (Å²) in [6.07, 6.45) is 5.08. The van der Waals surface area contributed by atoms with E-state index in [2.05, 4.69) is 19.2 Å². The van der Waals surface area contributed by atoms with Crippen LogP contribution < -0.4 is 5.32 Å². The predicted molar refractivity (Wildman–Crippen MR) is 54.4 cm³/mol. The fraction of sp³-hybridized carbons (Fsp3) is 0.909. The van der Waals surface area contributed by atoms with Gasteiger partial charge in [0.15, 0.2) is 0 Å². The van der Waals surface area contributed by atoms with Gasteiger partial charge in [-0.15, -0.1) is 0 Å². The van der Waals surface area contributed by atoms with Gasteiger partial charge in [-0.1, -0.05) is 20.3 Å². The van der Waals surface area contributed by atoms with Crippen molar-refractivity contribution in [1.29, 1.82) is 0 Å². The van der Waals surface area contributed by atoms with Crippen molar-refractivity contribution in [3.8, 4) is 0 Å². The van der Waals surface area contributed by atoms with E-state index in [-0.39, 0.29) is 5.91 Å². The lowest BCUT2D eigenvalue weighted by Gasteiger charge is -2.27. The minimum atomic E-state index is 0.104. The largest absolute Gasteiger partial charge is 0.356 e. The third-order valence-corrected chi connectivity index (χ3v) is 3.41. The van der Waals surface area contributed by atoms with Crippen LogP contribution in [0, 0.1) is 11.3 Å². The average Bonchev–Trinajstić information content (AvgIpc) is 2.45. The molecule has 0 aliphatic heterocycles. The maximum Gasteiger partial charge on any atom is 0.216 e. The van der Waals surface area contributed by atoms with Gasteiger partial charge in [-0.05, 0) is 30.6 Å². The number of hydrogen-bond donors (Lipinski definition) is 1. The van der Waals surface area contributed by atoms with Crippen molar-refractivity contribution in [3.05, 3.63) is 0 Å². The third-order valence-electron chi connectivity index (χ3n) is 3.41. The SMILES string of the molecule is CC[C@@]1(CNC(C)=O)CC[C@@H](C)C1. The molecule has 1 aliphatic rings. The van der Waals surface area contributed by atoms with Crippen LogP contribution in [0.3, 0.4) is 0 Å². The molecule has 2 nitrogen and oxygen atoms in total. The van der Waals surface area contributed by atoms with E-state index in [0.29, 0.717) is 5.41 Å². The molecule has 0 aromatic rings. The van der Waals surface area contributed by atoms with E-state index in [1.807, 2.05) is 0 Å². The van der Waals surface area contributed by atoms with E-state index in [0.717, 1.165) is 12.5 Å². The monoisotopic (exact) mass is 183 g/mol. The molecule has 0 radical (unpaired) electrons. The summed E-state index contributed by atoms with van der Waals surface area (Å²) in [4.78, 5) is 10.8. The van der Waals surface area contributed by atoms with Crippen molar-refractivity contribution >= 4 is 5.91 Å². The van der Waals surface area contributed by atoms with Gasteiger partial charge >= 0.3 is 0 Å². The third kappa shape index (κ3) is 2.71. The maximum absolute atomic E-state index is 10.8. The maximum atomic E-state index is 10.8. The first-order chi connectivity index (χ1) is 6.08. The quantitative estimate of drug-likeness (QED) is 0.715. The zero-order chi connectivity index (χ0) is 9.90. The molecule has 0 aromatic carbocycles. The lowest BCUT2D eigenvalue weighted by molar-refractivity contribution is -0.119. The minimum Gasteiger partial charge on any atom is -0.356 e. The molecular weight excluding hydrogens is 162 g/mol. The van der Waals surface area contributed by atoms with Crippen LogP contribution in [0.25, 0.3) is 0 Å². The van der Waals surface area contributed by atoms with Gasteiger partial charge in [0.25, 0.3) is 0 Å². The molecule has 76 valence electrons. The van der Waals surface area contributed by atoms with Crippen LogP contribution >= 0.6 is 0 Å². The van der Waals surface area contributed by atoms with Gasteiger partial charge in [0, 0.05) is 13.5 Å². The van der Waals surface area contributed by atoms with Crippen LogP contribution in [0.15, 0.2) is 0 Å². The van der Waals surface area contributed by atoms with E-state index in [4.69, 9.17) is 0 Å². The second-order valence-electron chi connectivity index (χ2n) is 4.61. The molecule has 0 bridgehead atoms. The number of carbonyl (C=O) groups is 1. The zero-order valence-electron chi connectivity index (χ0n) is 9.02. The lowest BCUT2D eigenvalue weighted by Crippen LogP contribution is -2.34. The summed E-state index contributed by atoms with van der Waals surface area (Å²) in [5.74, 6) is 0.945. The summed E-state index contributed by atoms with van der Waals surface area (Å²) in [7, 11) is 0. The number of nitrogens with one attached hydrogen (secondary N) is 1. The summed E-state index contributed by atoms with van der Waals surface area (Å²) in [5.41, 5.74) is 0.408. The Hall–Kier alpha value is -0.530. The lowest BCUT2D eigenvalue weighted by atomic mass is 9.82. The second kappa shape index (κ2) is 4.12. The average molecular weight is 183 g/mol. The molecule has 2 atom stereocenters. The van der Waals surface area contributed by atoms with Gasteiger partial charge in [0.1, 0.15) is 0 Å². The second-order valence-corrected chi connectivity index (χ2v) is 4.61. The molecule has 1 rings (SSSR count). The molecule has 0 unspecified atom stereocenters. The van der Waals surface area contributed by atoms with E-state index < -0.39 is 0 Å². The highest BCUT2D eigenvalue weighted by atomic mass is 16.1. The first kappa shape index (κ1) is 10.6. The summed E-state index contributed by atoms with van der Waals surface area (Å²) in [6, 6.07) is 0. The van der Waals surface area contributed by atoms with Crippen molar-refractivity contribution < 1.29 is 4.79 Å². The van der Waals surface area contributed by atoms with Crippen LogP contribution in [0.4, 0.5) is 0 Å². The Kier molecular flexibility index (Phi) is 3.34. The summed E-state index contributed by atoms with van der Waals surface area (Å²) in [5, 5.41) is 2.96. The van der Waals surface area contributed by atoms with Crippen LogP contribution in [0.1, 0.15) is 46.5 Å². The highest BCUT2D eigenvalue weighted by Gasteiger charge is 2.35. The number of hydrogen-bond acceptors (Lipinski definition) is 1. The molecule has 1 fully saturated rings. The minimum absolute atomic E-state index is 0.104. The Morgan fingerprint density at radius 1 is 1.62 bits per heavy atom. The van der Waals surface area contributed by atoms with Crippen molar-refractivity contribution in [2.45, 2.75) is 46.5 Å². The number of amides is 1. The Labute approximate surface area is 81.1 Å². The van der Waals surface area contributed by atoms with Gasteiger partial charge in [0.05, 0.1) is 0 Å². The Balaban J connectivity index is 2.46. The van der Waals surface area contributed by atoms with Crippen LogP contribution in [-0.4, -0.2) is 12.5 Å². The van der Waals surface area contributed by atoms with E-state index in [9.17, 15) is 4.79 Å². The molecule has 0 aromatic heterocycles. The van der Waals surface area contributed by atoms with Gasteiger partial charge < -0.3 is 5.32 Å². The Bertz CT molecular complexity index is 191. The van der Waals surface area contributed by atoms with E-state index >= 15 is 0 Å². The first-order valence-electron chi connectivity index (χ1n) is 5.32. The van der Waals surface area contributed by atoms with Crippen molar-refractivity contribution in [2.75, 3.05) is 6.54 Å². The van der Waals surface area contributed by atoms with Gasteiger partial charge in [-0.3, -0.25) is 4.79 Å². The van der Waals surface area contributed by atoms with Gasteiger partial charge in [-0.25, -0.2) is 0 Å². The molecular formula is C11H21NO. The zero-order valence-corrected chi connectivity index (χ0v) is 9.02. The summed E-state index contributed by atoms with van der Waals surface area (Å²) >= 11 is 0. The topological polar surface area (TPSA) is 29.1 Å². The normalized spacial score (nSPS) is 33.3. The first-order valence-corrected chi connectivity index (χ1v) is 5.32. The molecule has 1 N–H and O–H groups in total. The molecule has 0 heterocycles.